The second-order valence-electron chi connectivity index (χ2n) is 13.0. The molecule has 0 aromatic heterocycles. The zero-order valence-corrected chi connectivity index (χ0v) is 31.8. The maximum Gasteiger partial charge on any atom is 0.405 e. The van der Waals surface area contributed by atoms with Gasteiger partial charge < -0.3 is 40.2 Å². The lowest BCUT2D eigenvalue weighted by Crippen LogP contribution is -2.40. The van der Waals surface area contributed by atoms with Gasteiger partial charge in [0.25, 0.3) is 5.91 Å². The van der Waals surface area contributed by atoms with Gasteiger partial charge in [0.15, 0.2) is 6.10 Å². The van der Waals surface area contributed by atoms with E-state index in [1.807, 2.05) is 38.9 Å². The van der Waals surface area contributed by atoms with Crippen LogP contribution < -0.4 is 16.4 Å². The molecule has 6 atom stereocenters. The average molecular weight is 735 g/mol. The Kier molecular flexibility index (Phi) is 19.4. The van der Waals surface area contributed by atoms with Crippen molar-refractivity contribution >= 4 is 41.9 Å². The number of ether oxygens (including phenoxy) is 4. The SMILES string of the molecule is C=CCNC1=C2C[C@@H](C)C[C@H](OC)[C@H](OC(=O)CCCN(C)C)[C@@H](C)/C=C(\C)[C@H](OC(N)=O)[C@@H](OC)/C=C\C=C(/C)C(=O)NC(=CC1=O)C2=O.Cl. The second kappa shape index (κ2) is 22.0. The number of hydrogen-bond donors (Lipinski definition) is 3. The van der Waals surface area contributed by atoms with E-state index in [2.05, 4.69) is 17.2 Å². The van der Waals surface area contributed by atoms with E-state index in [1.165, 1.54) is 20.3 Å². The topological polar surface area (TPSA) is 176 Å². The number of primary amides is 1. The van der Waals surface area contributed by atoms with Gasteiger partial charge in [-0.1, -0.05) is 44.2 Å². The Morgan fingerprint density at radius 1 is 1.12 bits per heavy atom. The first kappa shape index (κ1) is 45.0. The molecule has 0 spiro atoms. The van der Waals surface area contributed by atoms with Gasteiger partial charge in [-0.05, 0) is 65.2 Å². The highest BCUT2D eigenvalue weighted by atomic mass is 35.5. The van der Waals surface area contributed by atoms with E-state index in [4.69, 9.17) is 24.7 Å². The van der Waals surface area contributed by atoms with Gasteiger partial charge in [-0.25, -0.2) is 4.79 Å². The molecule has 2 aliphatic rings. The highest BCUT2D eigenvalue weighted by molar-refractivity contribution is 6.23. The standard InChI is InChI=1S/C37H54N4O9.ClH/c1-10-16-39-32-26-18-22(2)19-30(48-9)35(49-31(43)15-12-17-41(6)7)25(5)20-24(4)34(50-37(38)46)29(47-8)14-11-13-23(3)36(45)40-27(33(26)44)21-28(32)42;/h10-11,13-14,20-22,25,29-30,34-35,39H,1,12,15-19H2,2-9H3,(H2,38,46)(H,40,45);1H/b14-11-,23-13+,24-20+;/t22-,25+,29+,30+,34+,35-;/m1./s1. The third-order valence-corrected chi connectivity index (χ3v) is 8.44. The summed E-state index contributed by atoms with van der Waals surface area (Å²) in [5.74, 6) is -2.65. The van der Waals surface area contributed by atoms with Gasteiger partial charge in [0.2, 0.25) is 11.6 Å². The summed E-state index contributed by atoms with van der Waals surface area (Å²) in [7, 11) is 6.80. The molecule has 0 aromatic rings. The van der Waals surface area contributed by atoms with Gasteiger partial charge in [0, 0.05) is 50.3 Å². The molecule has 2 bridgehead atoms. The maximum atomic E-state index is 13.8. The number of Topliss-reactive ketones (excluding diaryl/α,β-unsaturated/α-hetero) is 1. The molecule has 1 heterocycles. The van der Waals surface area contributed by atoms with Gasteiger partial charge >= 0.3 is 12.1 Å². The molecule has 0 saturated carbocycles. The highest BCUT2D eigenvalue weighted by Crippen LogP contribution is 2.30. The molecule has 2 amide bonds. The Morgan fingerprint density at radius 3 is 2.39 bits per heavy atom. The largest absolute Gasteiger partial charge is 0.459 e. The summed E-state index contributed by atoms with van der Waals surface area (Å²) in [6.45, 7) is 11.7. The quantitative estimate of drug-likeness (QED) is 0.160. The molecular weight excluding hydrogens is 680 g/mol. The summed E-state index contributed by atoms with van der Waals surface area (Å²) >= 11 is 0. The Bertz CT molecular complexity index is 1430. The van der Waals surface area contributed by atoms with E-state index < -0.39 is 59.9 Å². The number of rotatable bonds is 11. The van der Waals surface area contributed by atoms with E-state index in [9.17, 15) is 24.0 Å². The molecular formula is C37H55ClN4O9. The van der Waals surface area contributed by atoms with E-state index >= 15 is 0 Å². The molecule has 0 aromatic carbocycles. The minimum atomic E-state index is -1.02. The number of fused-ring (bicyclic) bond motifs is 2. The third-order valence-electron chi connectivity index (χ3n) is 8.44. The molecule has 2 rings (SSSR count). The van der Waals surface area contributed by atoms with Crippen molar-refractivity contribution in [2.24, 2.45) is 17.6 Å². The number of halogens is 1. The van der Waals surface area contributed by atoms with Crippen molar-refractivity contribution in [1.82, 2.24) is 15.5 Å². The monoisotopic (exact) mass is 734 g/mol. The summed E-state index contributed by atoms with van der Waals surface area (Å²) in [4.78, 5) is 67.4. The summed E-state index contributed by atoms with van der Waals surface area (Å²) in [6, 6.07) is 0. The number of amides is 2. The van der Waals surface area contributed by atoms with E-state index in [0.717, 1.165) is 6.08 Å². The van der Waals surface area contributed by atoms with Crippen LogP contribution in [-0.2, 0) is 38.1 Å². The fraction of sp³-hybridized carbons (Fsp3) is 0.541. The minimum absolute atomic E-state index is 0. The summed E-state index contributed by atoms with van der Waals surface area (Å²) in [6.07, 6.45) is 6.21. The molecule has 14 heteroatoms. The van der Waals surface area contributed by atoms with Crippen LogP contribution in [0.5, 0.6) is 0 Å². The van der Waals surface area contributed by atoms with Crippen molar-refractivity contribution in [3.05, 3.63) is 71.1 Å². The first-order valence-electron chi connectivity index (χ1n) is 16.7. The Morgan fingerprint density at radius 2 is 1.80 bits per heavy atom. The number of nitrogens with zero attached hydrogens (tertiary/aromatic N) is 1. The van der Waals surface area contributed by atoms with Crippen LogP contribution in [0.2, 0.25) is 0 Å². The molecule has 0 unspecified atom stereocenters. The molecule has 0 radical (unpaired) electrons. The molecule has 1 aliphatic heterocycles. The number of carbonyl (C=O) groups excluding carboxylic acids is 5. The Labute approximate surface area is 307 Å². The van der Waals surface area contributed by atoms with Crippen molar-refractivity contribution in [2.75, 3.05) is 41.4 Å². The number of methoxy groups -OCH3 is 2. The number of esters is 1. The molecule has 0 saturated heterocycles. The fourth-order valence-electron chi connectivity index (χ4n) is 5.87. The van der Waals surface area contributed by atoms with Crippen LogP contribution in [0.3, 0.4) is 0 Å². The lowest BCUT2D eigenvalue weighted by Gasteiger charge is -2.32. The van der Waals surface area contributed by atoms with E-state index in [1.54, 1.807) is 32.1 Å². The maximum absolute atomic E-state index is 13.8. The number of hydrogen-bond acceptors (Lipinski definition) is 11. The van der Waals surface area contributed by atoms with Crippen LogP contribution in [0.1, 0.15) is 53.4 Å². The summed E-state index contributed by atoms with van der Waals surface area (Å²) < 4.78 is 23.2. The molecule has 284 valence electrons. The molecule has 13 nitrogen and oxygen atoms in total. The van der Waals surface area contributed by atoms with Crippen LogP contribution in [0.4, 0.5) is 4.79 Å². The van der Waals surface area contributed by atoms with Gasteiger partial charge in [0.05, 0.1) is 17.5 Å². The van der Waals surface area contributed by atoms with Crippen LogP contribution in [-0.4, -0.2) is 100 Å². The molecule has 4 N–H and O–H groups in total. The van der Waals surface area contributed by atoms with E-state index in [0.29, 0.717) is 25.0 Å². The molecule has 51 heavy (non-hydrogen) atoms. The minimum Gasteiger partial charge on any atom is -0.459 e. The molecule has 0 fully saturated rings. The number of carbonyl (C=O) groups is 5. The van der Waals surface area contributed by atoms with Crippen LogP contribution in [0.15, 0.2) is 71.1 Å². The number of nitrogens with one attached hydrogen (secondary N) is 2. The van der Waals surface area contributed by atoms with Gasteiger partial charge in [-0.3, -0.25) is 19.2 Å². The average Bonchev–Trinajstić information content (AvgIpc) is 3.04. The lowest BCUT2D eigenvalue weighted by molar-refractivity contribution is -0.160. The van der Waals surface area contributed by atoms with Crippen molar-refractivity contribution in [3.63, 3.8) is 0 Å². The Hall–Kier alpha value is -4.04. The predicted octanol–water partition coefficient (Wildman–Crippen LogP) is 3.85. The third kappa shape index (κ3) is 13.9. The van der Waals surface area contributed by atoms with Crippen molar-refractivity contribution in [2.45, 2.75) is 77.8 Å². The first-order valence-corrected chi connectivity index (χ1v) is 16.7. The summed E-state index contributed by atoms with van der Waals surface area (Å²) in [5, 5.41) is 5.58. The van der Waals surface area contributed by atoms with Crippen LogP contribution in [0, 0.1) is 11.8 Å². The van der Waals surface area contributed by atoms with Crippen LogP contribution in [0.25, 0.3) is 0 Å². The Balaban J connectivity index is 0.0000130. The first-order chi connectivity index (χ1) is 23.6. The van der Waals surface area contributed by atoms with Gasteiger partial charge in [0.1, 0.15) is 12.2 Å². The number of allylic oxidation sites excluding steroid dienone is 4. The predicted molar refractivity (Wildman–Crippen MR) is 197 cm³/mol. The van der Waals surface area contributed by atoms with Crippen LogP contribution >= 0.6 is 12.4 Å². The lowest BCUT2D eigenvalue weighted by atomic mass is 9.85. The normalized spacial score (nSPS) is 27.9. The zero-order valence-electron chi connectivity index (χ0n) is 31.0. The van der Waals surface area contributed by atoms with Crippen molar-refractivity contribution < 1.29 is 42.9 Å². The van der Waals surface area contributed by atoms with Crippen molar-refractivity contribution in [3.8, 4) is 0 Å². The number of nitrogens with two attached hydrogens (primary N) is 1. The summed E-state index contributed by atoms with van der Waals surface area (Å²) in [5.41, 5.74) is 6.46. The zero-order chi connectivity index (χ0) is 37.5. The second-order valence-corrected chi connectivity index (χ2v) is 13.0. The number of ketones is 2. The molecule has 1 aliphatic carbocycles. The van der Waals surface area contributed by atoms with Gasteiger partial charge in [-0.15, -0.1) is 19.0 Å². The van der Waals surface area contributed by atoms with Crippen molar-refractivity contribution in [1.29, 1.82) is 0 Å². The van der Waals surface area contributed by atoms with E-state index in [-0.39, 0.29) is 60.3 Å². The smallest absolute Gasteiger partial charge is 0.405 e. The fourth-order valence-corrected chi connectivity index (χ4v) is 5.87. The highest BCUT2D eigenvalue weighted by Gasteiger charge is 2.35. The van der Waals surface area contributed by atoms with Gasteiger partial charge in [-0.2, -0.15) is 0 Å².